The molecule has 1 rings (SSSR count). The molecular weight excluding hydrogens is 324 g/mol. The zero-order valence-corrected chi connectivity index (χ0v) is 13.0. The third-order valence-electron chi connectivity index (χ3n) is 2.92. The van der Waals surface area contributed by atoms with Crippen molar-refractivity contribution in [1.29, 1.82) is 0 Å². The average molecular weight is 342 g/mol. The fourth-order valence-corrected chi connectivity index (χ4v) is 1.77. The topological polar surface area (TPSA) is 116 Å². The number of nitrogens with zero attached hydrogens (tertiary/aromatic N) is 3. The lowest BCUT2D eigenvalue weighted by Crippen LogP contribution is -2.41. The highest BCUT2D eigenvalue weighted by Crippen LogP contribution is 2.21. The second-order valence-corrected chi connectivity index (χ2v) is 4.59. The Balaban J connectivity index is 0.00000441. The monoisotopic (exact) mass is 341 g/mol. The SMILES string of the molecule is Cc1nn(CCC(=O)NCC(F)(F)CN)c(C)c1[N+](=O)[O-].Cl. The Labute approximate surface area is 131 Å². The summed E-state index contributed by atoms with van der Waals surface area (Å²) in [5.41, 5.74) is 5.30. The molecule has 0 radical (unpaired) electrons. The van der Waals surface area contributed by atoms with Gasteiger partial charge in [-0.25, -0.2) is 8.78 Å². The van der Waals surface area contributed by atoms with Gasteiger partial charge in [0.1, 0.15) is 11.4 Å². The lowest BCUT2D eigenvalue weighted by atomic mass is 10.3. The molecule has 0 fully saturated rings. The van der Waals surface area contributed by atoms with E-state index < -0.39 is 29.8 Å². The van der Waals surface area contributed by atoms with Gasteiger partial charge in [-0.3, -0.25) is 19.6 Å². The van der Waals surface area contributed by atoms with Crippen molar-refractivity contribution in [3.63, 3.8) is 0 Å². The molecular formula is C11H18ClF2N5O3. The first-order valence-corrected chi connectivity index (χ1v) is 6.21. The standard InChI is InChI=1S/C11H17F2N5O3.ClH/c1-7-10(18(20)21)8(2)17(16-7)4-3-9(19)15-6-11(12,13)5-14;/h3-6,14H2,1-2H3,(H,15,19);1H. The number of amides is 1. The number of halogens is 3. The van der Waals surface area contributed by atoms with Crippen LogP contribution >= 0.6 is 12.4 Å². The number of nitrogens with one attached hydrogen (secondary N) is 1. The molecule has 0 aliphatic carbocycles. The second kappa shape index (κ2) is 7.99. The average Bonchev–Trinajstić information content (AvgIpc) is 2.69. The Morgan fingerprint density at radius 3 is 2.55 bits per heavy atom. The Morgan fingerprint density at radius 2 is 2.09 bits per heavy atom. The normalized spacial score (nSPS) is 11.0. The number of aryl methyl sites for hydroxylation is 2. The minimum atomic E-state index is -3.15. The predicted molar refractivity (Wildman–Crippen MR) is 77.2 cm³/mol. The third-order valence-corrected chi connectivity index (χ3v) is 2.92. The molecule has 0 atom stereocenters. The van der Waals surface area contributed by atoms with Crippen LogP contribution < -0.4 is 11.1 Å². The molecule has 22 heavy (non-hydrogen) atoms. The second-order valence-electron chi connectivity index (χ2n) is 4.59. The highest BCUT2D eigenvalue weighted by atomic mass is 35.5. The highest BCUT2D eigenvalue weighted by molar-refractivity contribution is 5.85. The number of carbonyl (C=O) groups is 1. The summed E-state index contributed by atoms with van der Waals surface area (Å²) in [4.78, 5) is 21.7. The molecule has 0 unspecified atom stereocenters. The molecule has 8 nitrogen and oxygen atoms in total. The van der Waals surface area contributed by atoms with Crippen molar-refractivity contribution in [2.75, 3.05) is 13.1 Å². The number of nitro groups is 1. The van der Waals surface area contributed by atoms with E-state index in [9.17, 15) is 23.7 Å². The van der Waals surface area contributed by atoms with Crippen LogP contribution in [0.15, 0.2) is 0 Å². The highest BCUT2D eigenvalue weighted by Gasteiger charge is 2.27. The summed E-state index contributed by atoms with van der Waals surface area (Å²) in [6.07, 6.45) is -0.111. The summed E-state index contributed by atoms with van der Waals surface area (Å²) in [6, 6.07) is 0. The van der Waals surface area contributed by atoms with Crippen molar-refractivity contribution in [3.8, 4) is 0 Å². The number of carbonyl (C=O) groups excluding carboxylic acids is 1. The lowest BCUT2D eigenvalue weighted by molar-refractivity contribution is -0.386. The van der Waals surface area contributed by atoms with Crippen LogP contribution in [-0.4, -0.2) is 39.6 Å². The first-order chi connectivity index (χ1) is 9.68. The van der Waals surface area contributed by atoms with Crippen LogP contribution in [0, 0.1) is 24.0 Å². The van der Waals surface area contributed by atoms with Crippen molar-refractivity contribution >= 4 is 24.0 Å². The van der Waals surface area contributed by atoms with E-state index in [0.717, 1.165) is 0 Å². The number of rotatable bonds is 7. The van der Waals surface area contributed by atoms with Gasteiger partial charge in [0.25, 0.3) is 5.92 Å². The van der Waals surface area contributed by atoms with Crippen molar-refractivity contribution in [2.24, 2.45) is 5.73 Å². The van der Waals surface area contributed by atoms with Gasteiger partial charge in [-0.05, 0) is 13.8 Å². The molecule has 1 aromatic rings. The molecule has 11 heteroatoms. The molecule has 0 aliphatic heterocycles. The Morgan fingerprint density at radius 1 is 1.50 bits per heavy atom. The maximum absolute atomic E-state index is 12.9. The number of hydrogen-bond donors (Lipinski definition) is 2. The zero-order chi connectivity index (χ0) is 16.2. The van der Waals surface area contributed by atoms with E-state index in [2.05, 4.69) is 10.4 Å². The van der Waals surface area contributed by atoms with E-state index in [4.69, 9.17) is 5.73 Å². The minimum Gasteiger partial charge on any atom is -0.350 e. The van der Waals surface area contributed by atoms with Gasteiger partial charge in [-0.15, -0.1) is 12.4 Å². The van der Waals surface area contributed by atoms with E-state index in [0.29, 0.717) is 5.69 Å². The Kier molecular flexibility index (Phi) is 7.33. The van der Waals surface area contributed by atoms with E-state index >= 15 is 0 Å². The largest absolute Gasteiger partial charge is 0.350 e. The maximum atomic E-state index is 12.9. The molecule has 0 bridgehead atoms. The van der Waals surface area contributed by atoms with Crippen LogP contribution in [-0.2, 0) is 11.3 Å². The van der Waals surface area contributed by atoms with Gasteiger partial charge in [-0.1, -0.05) is 0 Å². The summed E-state index contributed by atoms with van der Waals surface area (Å²) in [5, 5.41) is 16.8. The minimum absolute atomic E-state index is 0. The van der Waals surface area contributed by atoms with Gasteiger partial charge >= 0.3 is 5.69 Å². The maximum Gasteiger partial charge on any atom is 0.312 e. The van der Waals surface area contributed by atoms with Gasteiger partial charge in [0, 0.05) is 6.42 Å². The van der Waals surface area contributed by atoms with E-state index in [1.165, 1.54) is 18.5 Å². The van der Waals surface area contributed by atoms with Crippen molar-refractivity contribution in [2.45, 2.75) is 32.7 Å². The number of nitrogens with two attached hydrogens (primary N) is 1. The first kappa shape index (κ1) is 20.2. The van der Waals surface area contributed by atoms with Crippen molar-refractivity contribution in [3.05, 3.63) is 21.5 Å². The van der Waals surface area contributed by atoms with E-state index in [1.54, 1.807) is 0 Å². The summed E-state index contributed by atoms with van der Waals surface area (Å²) in [5.74, 6) is -3.74. The summed E-state index contributed by atoms with van der Waals surface area (Å²) < 4.78 is 27.0. The molecule has 0 saturated heterocycles. The summed E-state index contributed by atoms with van der Waals surface area (Å²) in [6.45, 7) is 1.39. The van der Waals surface area contributed by atoms with E-state index in [1.807, 2.05) is 0 Å². The predicted octanol–water partition coefficient (Wildman–Crippen LogP) is 0.930. The van der Waals surface area contributed by atoms with Crippen molar-refractivity contribution < 1.29 is 18.5 Å². The third kappa shape index (κ3) is 5.19. The quantitative estimate of drug-likeness (QED) is 0.565. The Bertz CT molecular complexity index is 550. The van der Waals surface area contributed by atoms with Gasteiger partial charge in [-0.2, -0.15) is 5.10 Å². The summed E-state index contributed by atoms with van der Waals surface area (Å²) in [7, 11) is 0. The molecule has 0 aliphatic rings. The molecule has 0 saturated carbocycles. The zero-order valence-electron chi connectivity index (χ0n) is 12.1. The van der Waals surface area contributed by atoms with Gasteiger partial charge < -0.3 is 11.1 Å². The molecule has 3 N–H and O–H groups in total. The van der Waals surface area contributed by atoms with Crippen molar-refractivity contribution in [1.82, 2.24) is 15.1 Å². The van der Waals surface area contributed by atoms with Crippen LogP contribution in [0.1, 0.15) is 17.8 Å². The molecule has 0 spiro atoms. The van der Waals surface area contributed by atoms with Crippen LogP contribution in [0.25, 0.3) is 0 Å². The fraction of sp³-hybridized carbons (Fsp3) is 0.636. The van der Waals surface area contributed by atoms with Gasteiger partial charge in [0.05, 0.1) is 24.6 Å². The van der Waals surface area contributed by atoms with Crippen LogP contribution in [0.2, 0.25) is 0 Å². The molecule has 0 aromatic carbocycles. The number of hydrogen-bond acceptors (Lipinski definition) is 5. The van der Waals surface area contributed by atoms with Gasteiger partial charge in [0.15, 0.2) is 0 Å². The number of alkyl halides is 2. The van der Waals surface area contributed by atoms with Crippen LogP contribution in [0.4, 0.5) is 14.5 Å². The molecule has 1 aromatic heterocycles. The lowest BCUT2D eigenvalue weighted by Gasteiger charge is -2.14. The summed E-state index contributed by atoms with van der Waals surface area (Å²) >= 11 is 0. The first-order valence-electron chi connectivity index (χ1n) is 6.21. The Hall–Kier alpha value is -1.81. The molecule has 1 amide bonds. The van der Waals surface area contributed by atoms with Crippen LogP contribution in [0.5, 0.6) is 0 Å². The number of aromatic nitrogens is 2. The van der Waals surface area contributed by atoms with Gasteiger partial charge in [0.2, 0.25) is 5.91 Å². The molecule has 126 valence electrons. The smallest absolute Gasteiger partial charge is 0.312 e. The van der Waals surface area contributed by atoms with E-state index in [-0.39, 0.29) is 36.8 Å². The van der Waals surface area contributed by atoms with Crippen LogP contribution in [0.3, 0.4) is 0 Å². The fourth-order valence-electron chi connectivity index (χ4n) is 1.77. The molecule has 1 heterocycles.